The number of aryl methyl sites for hydroxylation is 1. The molecule has 0 spiro atoms. The molecular weight excluding hydrogens is 290 g/mol. The van der Waals surface area contributed by atoms with Crippen LogP contribution in [0.2, 0.25) is 0 Å². The topological polar surface area (TPSA) is 3.88 Å². The second-order valence-corrected chi connectivity index (χ2v) is 7.48. The summed E-state index contributed by atoms with van der Waals surface area (Å²) in [6, 6.07) is 14.4. The molecule has 2 heterocycles. The monoisotopic (exact) mass is 315 g/mol. The zero-order valence-corrected chi connectivity index (χ0v) is 15.2. The summed E-state index contributed by atoms with van der Waals surface area (Å²) in [5, 5.41) is 0. The van der Waals surface area contributed by atoms with Gasteiger partial charge in [-0.2, -0.15) is 0 Å². The van der Waals surface area contributed by atoms with Crippen LogP contribution in [0.3, 0.4) is 0 Å². The summed E-state index contributed by atoms with van der Waals surface area (Å²) in [6.45, 7) is 11.4. The number of rotatable bonds is 1. The highest BCUT2D eigenvalue weighted by molar-refractivity contribution is 5.66. The van der Waals surface area contributed by atoms with E-state index in [0.717, 1.165) is 0 Å². The predicted octanol–water partition coefficient (Wildman–Crippen LogP) is 5.14. The lowest BCUT2D eigenvalue weighted by atomic mass is 9.71. The number of pyridine rings is 1. The molecule has 0 N–H and O–H groups in total. The molecule has 1 aliphatic carbocycles. The molecule has 1 heteroatoms. The number of benzene rings is 1. The maximum Gasteiger partial charge on any atom is 0.122 e. The molecule has 2 aliphatic rings. The predicted molar refractivity (Wildman–Crippen MR) is 99.5 cm³/mol. The molecule has 1 aromatic heterocycles. The Balaban J connectivity index is 1.96. The van der Waals surface area contributed by atoms with Crippen LogP contribution in [0.25, 0.3) is 11.1 Å². The van der Waals surface area contributed by atoms with Crippen LogP contribution >= 0.6 is 0 Å². The van der Waals surface area contributed by atoms with E-state index in [4.69, 9.17) is 0 Å². The van der Waals surface area contributed by atoms with Crippen molar-refractivity contribution < 1.29 is 4.57 Å². The lowest BCUT2D eigenvalue weighted by Crippen LogP contribution is -2.38. The fraction of sp³-hybridized carbons (Fsp3) is 0.304. The van der Waals surface area contributed by atoms with E-state index >= 15 is 0 Å². The molecule has 0 saturated carbocycles. The first kappa shape index (κ1) is 15.3. The van der Waals surface area contributed by atoms with Crippen molar-refractivity contribution >= 4 is 0 Å². The van der Waals surface area contributed by atoms with E-state index in [1.165, 1.54) is 39.6 Å². The first-order valence-electron chi connectivity index (χ1n) is 8.80. The summed E-state index contributed by atoms with van der Waals surface area (Å²) in [4.78, 5) is 0. The Morgan fingerprint density at radius 2 is 1.83 bits per heavy atom. The SMILES string of the molecule is CC1=C2[C-](C)[n+]3cc(-c4ccccc4)c(C)cc3C2(C)C=CC1C. The maximum absolute atomic E-state index is 2.41. The van der Waals surface area contributed by atoms with Gasteiger partial charge in [0.15, 0.2) is 0 Å². The zero-order chi connectivity index (χ0) is 17.1. The highest BCUT2D eigenvalue weighted by Crippen LogP contribution is 2.48. The Labute approximate surface area is 145 Å². The Hall–Kier alpha value is -2.28. The van der Waals surface area contributed by atoms with Crippen molar-refractivity contribution in [2.24, 2.45) is 5.92 Å². The first-order valence-corrected chi connectivity index (χ1v) is 8.80. The van der Waals surface area contributed by atoms with Gasteiger partial charge in [-0.05, 0) is 37.0 Å². The summed E-state index contributed by atoms with van der Waals surface area (Å²) >= 11 is 0. The number of aromatic nitrogens is 1. The number of fused-ring (bicyclic) bond motifs is 3. The molecule has 0 amide bonds. The van der Waals surface area contributed by atoms with Crippen LogP contribution in [-0.4, -0.2) is 0 Å². The van der Waals surface area contributed by atoms with E-state index in [1.54, 1.807) is 0 Å². The highest BCUT2D eigenvalue weighted by Gasteiger charge is 2.45. The summed E-state index contributed by atoms with van der Waals surface area (Å²) in [7, 11) is 0. The standard InChI is InChI=1S/C23H25N/c1-15-11-12-23(5)21-13-16(2)20(19-9-7-6-8-10-19)14-24(21)18(4)22(23)17(15)3/h6-15H,1-5H3. The summed E-state index contributed by atoms with van der Waals surface area (Å²) in [5.41, 5.74) is 8.33. The third kappa shape index (κ3) is 1.94. The van der Waals surface area contributed by atoms with Crippen LogP contribution < -0.4 is 4.57 Å². The maximum atomic E-state index is 2.41. The molecule has 0 fully saturated rings. The Kier molecular flexibility index (Phi) is 3.25. The largest absolute Gasteiger partial charge is 0.287 e. The minimum atomic E-state index is 0.000649. The number of hydrogen-bond acceptors (Lipinski definition) is 0. The van der Waals surface area contributed by atoms with Crippen molar-refractivity contribution in [2.75, 3.05) is 0 Å². The van der Waals surface area contributed by atoms with Crippen molar-refractivity contribution in [3.63, 3.8) is 0 Å². The van der Waals surface area contributed by atoms with Crippen molar-refractivity contribution in [1.29, 1.82) is 0 Å². The minimum absolute atomic E-state index is 0.000649. The van der Waals surface area contributed by atoms with Crippen LogP contribution in [0.4, 0.5) is 0 Å². The normalized spacial score (nSPS) is 25.0. The molecule has 122 valence electrons. The van der Waals surface area contributed by atoms with Gasteiger partial charge in [-0.1, -0.05) is 68.8 Å². The molecule has 1 nitrogen and oxygen atoms in total. The Bertz CT molecular complexity index is 872. The molecule has 1 aliphatic heterocycles. The molecule has 0 bridgehead atoms. The van der Waals surface area contributed by atoms with Crippen molar-refractivity contribution in [3.05, 3.63) is 83.2 Å². The average Bonchev–Trinajstić information content (AvgIpc) is 2.80. The number of allylic oxidation sites excluding steroid dienone is 4. The van der Waals surface area contributed by atoms with Gasteiger partial charge in [-0.15, -0.1) is 5.57 Å². The molecule has 1 aromatic carbocycles. The van der Waals surface area contributed by atoms with Gasteiger partial charge >= 0.3 is 0 Å². The molecule has 0 radical (unpaired) electrons. The van der Waals surface area contributed by atoms with Gasteiger partial charge in [0.25, 0.3) is 0 Å². The second kappa shape index (κ2) is 5.11. The number of hydrogen-bond donors (Lipinski definition) is 0. The van der Waals surface area contributed by atoms with E-state index in [-0.39, 0.29) is 5.41 Å². The lowest BCUT2D eigenvalue weighted by molar-refractivity contribution is -0.650. The Morgan fingerprint density at radius 1 is 1.12 bits per heavy atom. The van der Waals surface area contributed by atoms with Crippen molar-refractivity contribution in [2.45, 2.75) is 40.0 Å². The van der Waals surface area contributed by atoms with E-state index in [2.05, 4.69) is 93.9 Å². The summed E-state index contributed by atoms with van der Waals surface area (Å²) < 4.78 is 2.41. The van der Waals surface area contributed by atoms with Gasteiger partial charge in [-0.25, -0.2) is 0 Å². The van der Waals surface area contributed by atoms with E-state index in [0.29, 0.717) is 5.92 Å². The van der Waals surface area contributed by atoms with Crippen LogP contribution in [0.1, 0.15) is 39.0 Å². The van der Waals surface area contributed by atoms with Gasteiger partial charge in [-0.3, -0.25) is 4.57 Å². The van der Waals surface area contributed by atoms with Crippen LogP contribution in [0.15, 0.2) is 65.9 Å². The molecule has 2 atom stereocenters. The van der Waals surface area contributed by atoms with Gasteiger partial charge in [0.05, 0.1) is 0 Å². The molecule has 0 saturated heterocycles. The van der Waals surface area contributed by atoms with Gasteiger partial charge in [0, 0.05) is 11.0 Å². The fourth-order valence-electron chi connectivity index (χ4n) is 4.45. The molecule has 24 heavy (non-hydrogen) atoms. The summed E-state index contributed by atoms with van der Waals surface area (Å²) in [6.07, 6.45) is 7.10. The van der Waals surface area contributed by atoms with Crippen LogP contribution in [-0.2, 0) is 5.41 Å². The van der Waals surface area contributed by atoms with Crippen molar-refractivity contribution in [1.82, 2.24) is 0 Å². The molecule has 2 unspecified atom stereocenters. The van der Waals surface area contributed by atoms with E-state index < -0.39 is 0 Å². The quantitative estimate of drug-likeness (QED) is 0.389. The van der Waals surface area contributed by atoms with E-state index in [1.807, 2.05) is 0 Å². The zero-order valence-electron chi connectivity index (χ0n) is 15.2. The second-order valence-electron chi connectivity index (χ2n) is 7.48. The highest BCUT2D eigenvalue weighted by atomic mass is 15.1. The van der Waals surface area contributed by atoms with Gasteiger partial charge in [0.1, 0.15) is 17.9 Å². The average molecular weight is 315 g/mol. The van der Waals surface area contributed by atoms with Crippen molar-refractivity contribution in [3.8, 4) is 11.1 Å². The first-order chi connectivity index (χ1) is 11.4. The van der Waals surface area contributed by atoms with Gasteiger partial charge in [0.2, 0.25) is 0 Å². The third-order valence-electron chi connectivity index (χ3n) is 5.95. The van der Waals surface area contributed by atoms with Crippen LogP contribution in [0, 0.1) is 18.9 Å². The summed E-state index contributed by atoms with van der Waals surface area (Å²) in [5.74, 6) is 0.521. The minimum Gasteiger partial charge on any atom is -0.287 e. The van der Waals surface area contributed by atoms with Crippen LogP contribution in [0.5, 0.6) is 0 Å². The molecular formula is C23H25N. The third-order valence-corrected chi connectivity index (χ3v) is 5.95. The Morgan fingerprint density at radius 3 is 2.54 bits per heavy atom. The molecule has 4 rings (SSSR count). The lowest BCUT2D eigenvalue weighted by Gasteiger charge is -2.32. The van der Waals surface area contributed by atoms with Gasteiger partial charge < -0.3 is 0 Å². The van der Waals surface area contributed by atoms with E-state index in [9.17, 15) is 0 Å². The molecule has 2 aromatic rings. The smallest absolute Gasteiger partial charge is 0.122 e. The fourth-order valence-corrected chi connectivity index (χ4v) is 4.45. The number of nitrogens with zero attached hydrogens (tertiary/aromatic N) is 1.